The fraction of sp³-hybridized carbons (Fsp3) is 0.167. The van der Waals surface area contributed by atoms with Gasteiger partial charge in [-0.1, -0.05) is 24.3 Å². The molecule has 34 heavy (non-hydrogen) atoms. The summed E-state index contributed by atoms with van der Waals surface area (Å²) in [4.78, 5) is 20.6. The van der Waals surface area contributed by atoms with Gasteiger partial charge in [0.15, 0.2) is 5.65 Å². The Hall–Kier alpha value is -4.18. The second-order valence-electron chi connectivity index (χ2n) is 8.49. The van der Waals surface area contributed by atoms with Crippen molar-refractivity contribution in [1.29, 1.82) is 0 Å². The van der Waals surface area contributed by atoms with Crippen molar-refractivity contribution in [3.05, 3.63) is 75.8 Å². The lowest BCUT2D eigenvalue weighted by atomic mass is 10.1. The highest BCUT2D eigenvalue weighted by molar-refractivity contribution is 7.19. The van der Waals surface area contributed by atoms with Crippen LogP contribution in [0.4, 0.5) is 11.4 Å². The van der Waals surface area contributed by atoms with Gasteiger partial charge in [0.1, 0.15) is 10.5 Å². The van der Waals surface area contributed by atoms with E-state index in [1.54, 1.807) is 23.7 Å². The molecule has 5 heterocycles. The van der Waals surface area contributed by atoms with E-state index >= 15 is 0 Å². The van der Waals surface area contributed by atoms with Crippen molar-refractivity contribution in [1.82, 2.24) is 29.5 Å². The molecule has 0 spiro atoms. The van der Waals surface area contributed by atoms with Crippen LogP contribution in [0.15, 0.2) is 59.7 Å². The Morgan fingerprint density at radius 1 is 1.06 bits per heavy atom. The van der Waals surface area contributed by atoms with Crippen LogP contribution in [0.1, 0.15) is 10.6 Å². The predicted octanol–water partition coefficient (Wildman–Crippen LogP) is 3.66. The Morgan fingerprint density at radius 2 is 1.97 bits per heavy atom. The largest absolute Gasteiger partial charge is 0.366 e. The number of benzene rings is 2. The Labute approximate surface area is 197 Å². The van der Waals surface area contributed by atoms with Gasteiger partial charge < -0.3 is 14.8 Å². The number of thiazole rings is 1. The average molecular weight is 469 g/mol. The van der Waals surface area contributed by atoms with Crippen LogP contribution in [-0.4, -0.2) is 36.2 Å². The number of para-hydroxylation sites is 2. The van der Waals surface area contributed by atoms with E-state index in [1.807, 2.05) is 35.9 Å². The first-order valence-corrected chi connectivity index (χ1v) is 11.8. The van der Waals surface area contributed by atoms with E-state index in [1.165, 1.54) is 10.4 Å². The van der Waals surface area contributed by atoms with Gasteiger partial charge in [0.25, 0.3) is 5.56 Å². The van der Waals surface area contributed by atoms with Crippen molar-refractivity contribution in [2.75, 3.05) is 16.9 Å². The highest BCUT2D eigenvalue weighted by atomic mass is 32.1. The Kier molecular flexibility index (Phi) is 4.06. The van der Waals surface area contributed by atoms with E-state index in [0.717, 1.165) is 49.6 Å². The summed E-state index contributed by atoms with van der Waals surface area (Å²) in [5, 5.41) is 17.9. The normalized spacial score (nSPS) is 13.3. The highest BCUT2D eigenvalue weighted by Gasteiger charge is 2.22. The van der Waals surface area contributed by atoms with Gasteiger partial charge in [-0.15, -0.1) is 11.3 Å². The SMILES string of the molecule is Cn1c2nc(CN3CNc4ccccc43)sc2c2cnn(Cc3cccc4[nH]ncc34)c(=O)c21. The minimum absolute atomic E-state index is 0.120. The van der Waals surface area contributed by atoms with Crippen LogP contribution in [0.25, 0.3) is 32.2 Å². The first-order valence-electron chi connectivity index (χ1n) is 11.0. The fourth-order valence-electron chi connectivity index (χ4n) is 4.81. The molecule has 0 aliphatic carbocycles. The molecule has 4 aromatic heterocycles. The van der Waals surface area contributed by atoms with E-state index in [0.29, 0.717) is 18.6 Å². The third-order valence-electron chi connectivity index (χ3n) is 6.50. The summed E-state index contributed by atoms with van der Waals surface area (Å²) in [6, 6.07) is 14.2. The maximum Gasteiger partial charge on any atom is 0.291 e. The zero-order valence-electron chi connectivity index (χ0n) is 18.3. The van der Waals surface area contributed by atoms with Crippen molar-refractivity contribution in [2.24, 2.45) is 7.05 Å². The smallest absolute Gasteiger partial charge is 0.291 e. The van der Waals surface area contributed by atoms with E-state index in [-0.39, 0.29) is 5.56 Å². The summed E-state index contributed by atoms with van der Waals surface area (Å²) in [5.74, 6) is 0. The molecular weight excluding hydrogens is 448 g/mol. The molecule has 168 valence electrons. The second-order valence-corrected chi connectivity index (χ2v) is 9.57. The lowest BCUT2D eigenvalue weighted by molar-refractivity contribution is 0.647. The molecule has 1 aliphatic rings. The molecule has 0 amide bonds. The van der Waals surface area contributed by atoms with Gasteiger partial charge >= 0.3 is 0 Å². The maximum atomic E-state index is 13.4. The van der Waals surface area contributed by atoms with E-state index in [9.17, 15) is 4.79 Å². The Morgan fingerprint density at radius 3 is 2.91 bits per heavy atom. The first kappa shape index (κ1) is 19.3. The molecule has 0 saturated carbocycles. The number of aromatic amines is 1. The summed E-state index contributed by atoms with van der Waals surface area (Å²) in [6.07, 6.45) is 3.58. The molecular formula is C24H20N8OS. The molecule has 6 aromatic rings. The Balaban J connectivity index is 1.26. The summed E-state index contributed by atoms with van der Waals surface area (Å²) < 4.78 is 4.42. The van der Waals surface area contributed by atoms with Crippen LogP contribution in [0, 0.1) is 0 Å². The van der Waals surface area contributed by atoms with Crippen molar-refractivity contribution >= 4 is 54.9 Å². The maximum absolute atomic E-state index is 13.4. The molecule has 0 unspecified atom stereocenters. The molecule has 1 aliphatic heterocycles. The van der Waals surface area contributed by atoms with Crippen LogP contribution >= 0.6 is 11.3 Å². The number of hydrogen-bond donors (Lipinski definition) is 2. The minimum atomic E-state index is -0.120. The number of rotatable bonds is 4. The molecule has 0 saturated heterocycles. The summed E-state index contributed by atoms with van der Waals surface area (Å²) in [6.45, 7) is 1.85. The van der Waals surface area contributed by atoms with E-state index < -0.39 is 0 Å². The summed E-state index contributed by atoms with van der Waals surface area (Å²) in [7, 11) is 1.91. The zero-order valence-corrected chi connectivity index (χ0v) is 19.1. The molecule has 10 heteroatoms. The third kappa shape index (κ3) is 2.78. The molecule has 0 fully saturated rings. The molecule has 0 atom stereocenters. The number of aromatic nitrogens is 6. The van der Waals surface area contributed by atoms with Crippen LogP contribution in [-0.2, 0) is 20.1 Å². The second kappa shape index (κ2) is 7.16. The third-order valence-corrected chi connectivity index (χ3v) is 7.56. The summed E-state index contributed by atoms with van der Waals surface area (Å²) >= 11 is 1.63. The number of H-pyrrole nitrogens is 1. The van der Waals surface area contributed by atoms with E-state index in [2.05, 4.69) is 43.7 Å². The topological polar surface area (TPSA) is 96.7 Å². The van der Waals surface area contributed by atoms with Gasteiger partial charge in [-0.05, 0) is 23.8 Å². The van der Waals surface area contributed by atoms with Gasteiger partial charge in [-0.3, -0.25) is 9.89 Å². The van der Waals surface area contributed by atoms with Gasteiger partial charge in [0.2, 0.25) is 0 Å². The van der Waals surface area contributed by atoms with Gasteiger partial charge in [0, 0.05) is 17.8 Å². The number of nitrogens with one attached hydrogen (secondary N) is 2. The highest BCUT2D eigenvalue weighted by Crippen LogP contribution is 2.35. The van der Waals surface area contributed by atoms with Gasteiger partial charge in [-0.2, -0.15) is 10.2 Å². The van der Waals surface area contributed by atoms with Crippen LogP contribution < -0.4 is 15.8 Å². The minimum Gasteiger partial charge on any atom is -0.366 e. The molecule has 0 radical (unpaired) electrons. The monoisotopic (exact) mass is 468 g/mol. The molecule has 0 bridgehead atoms. The fourth-order valence-corrected chi connectivity index (χ4v) is 5.93. The standard InChI is InChI=1S/C24H20N8OS/c1-30-21-16(10-27-32(24(21)33)11-14-5-4-7-17-15(14)9-26-29-17)22-23(30)28-20(34-22)12-31-13-25-18-6-2-3-8-19(18)31/h2-10,25H,11-13H2,1H3,(H,26,29). The number of hydrogen-bond acceptors (Lipinski definition) is 7. The van der Waals surface area contributed by atoms with Crippen LogP contribution in [0.2, 0.25) is 0 Å². The predicted molar refractivity (Wildman–Crippen MR) is 134 cm³/mol. The van der Waals surface area contributed by atoms with Crippen LogP contribution in [0.3, 0.4) is 0 Å². The number of aryl methyl sites for hydroxylation is 1. The quantitative estimate of drug-likeness (QED) is 0.410. The molecule has 2 aromatic carbocycles. The van der Waals surface area contributed by atoms with Crippen molar-refractivity contribution in [2.45, 2.75) is 13.1 Å². The van der Waals surface area contributed by atoms with Gasteiger partial charge in [0.05, 0.1) is 53.7 Å². The van der Waals surface area contributed by atoms with Crippen molar-refractivity contribution in [3.63, 3.8) is 0 Å². The van der Waals surface area contributed by atoms with Gasteiger partial charge in [-0.25, -0.2) is 9.67 Å². The summed E-state index contributed by atoms with van der Waals surface area (Å²) in [5.41, 5.74) is 5.60. The zero-order chi connectivity index (χ0) is 22.8. The molecule has 2 N–H and O–H groups in total. The number of fused-ring (bicyclic) bond motifs is 5. The number of anilines is 2. The number of nitrogens with zero attached hydrogens (tertiary/aromatic N) is 6. The lowest BCUT2D eigenvalue weighted by Crippen LogP contribution is -2.24. The van der Waals surface area contributed by atoms with Crippen LogP contribution in [0.5, 0.6) is 0 Å². The van der Waals surface area contributed by atoms with Crippen molar-refractivity contribution in [3.8, 4) is 0 Å². The molecule has 9 nitrogen and oxygen atoms in total. The van der Waals surface area contributed by atoms with E-state index in [4.69, 9.17) is 4.98 Å². The van der Waals surface area contributed by atoms with Crippen molar-refractivity contribution < 1.29 is 0 Å². The first-order chi connectivity index (χ1) is 16.7. The lowest BCUT2D eigenvalue weighted by Gasteiger charge is -2.15. The molecule has 7 rings (SSSR count). The average Bonchev–Trinajstić information content (AvgIpc) is 3.62. The Bertz CT molecular complexity index is 1770.